The van der Waals surface area contributed by atoms with Crippen molar-refractivity contribution in [1.82, 2.24) is 19.9 Å². The summed E-state index contributed by atoms with van der Waals surface area (Å²) in [4.78, 5) is 4.18. The maximum Gasteiger partial charge on any atom is 0.258 e. The van der Waals surface area contributed by atoms with Crippen molar-refractivity contribution in [3.63, 3.8) is 0 Å². The monoisotopic (exact) mass is 287 g/mol. The summed E-state index contributed by atoms with van der Waals surface area (Å²) in [5.41, 5.74) is 6.58. The van der Waals surface area contributed by atoms with E-state index in [9.17, 15) is 8.42 Å². The zero-order valence-electron chi connectivity index (χ0n) is 9.67. The molecular weight excluding hydrogens is 274 g/mol. The molecule has 2 rings (SSSR count). The molecule has 0 saturated carbocycles. The van der Waals surface area contributed by atoms with Gasteiger partial charge in [0.2, 0.25) is 0 Å². The van der Waals surface area contributed by atoms with Gasteiger partial charge in [-0.1, -0.05) is 0 Å². The van der Waals surface area contributed by atoms with Crippen molar-refractivity contribution in [3.05, 3.63) is 27.8 Å². The Bertz CT molecular complexity index is 631. The number of hydrogen-bond acceptors (Lipinski definition) is 6. The fourth-order valence-electron chi connectivity index (χ4n) is 1.41. The molecule has 0 bridgehead atoms. The van der Waals surface area contributed by atoms with E-state index in [0.717, 1.165) is 5.01 Å². The van der Waals surface area contributed by atoms with Gasteiger partial charge in [-0.15, -0.1) is 11.3 Å². The second-order valence-corrected chi connectivity index (χ2v) is 6.38. The van der Waals surface area contributed by atoms with Crippen LogP contribution in [0.5, 0.6) is 0 Å². The van der Waals surface area contributed by atoms with Gasteiger partial charge in [0, 0.05) is 17.5 Å². The van der Waals surface area contributed by atoms with Gasteiger partial charge < -0.3 is 5.73 Å². The average Bonchev–Trinajstić information content (AvgIpc) is 2.95. The number of hydrogen-bond donors (Lipinski definition) is 3. The molecule has 7 nitrogen and oxygen atoms in total. The molecule has 0 fully saturated rings. The summed E-state index contributed by atoms with van der Waals surface area (Å²) in [6, 6.07) is 0. The van der Waals surface area contributed by atoms with Crippen LogP contribution in [0.4, 0.5) is 0 Å². The first-order chi connectivity index (χ1) is 8.53. The molecular formula is C9H13N5O2S2. The number of nitrogens with two attached hydrogens (primary N) is 1. The summed E-state index contributed by atoms with van der Waals surface area (Å²) < 4.78 is 26.4. The summed E-state index contributed by atoms with van der Waals surface area (Å²) in [5, 5.41) is 8.84. The molecule has 2 heterocycles. The van der Waals surface area contributed by atoms with Crippen LogP contribution in [0, 0.1) is 6.92 Å². The summed E-state index contributed by atoms with van der Waals surface area (Å²) >= 11 is 1.47. The van der Waals surface area contributed by atoms with Crippen molar-refractivity contribution < 1.29 is 8.42 Å². The van der Waals surface area contributed by atoms with E-state index < -0.39 is 10.0 Å². The molecule has 0 aliphatic rings. The summed E-state index contributed by atoms with van der Waals surface area (Å²) in [6.07, 6.45) is 1.40. The minimum Gasteiger partial charge on any atom is -0.326 e. The van der Waals surface area contributed by atoms with Crippen LogP contribution < -0.4 is 10.5 Å². The van der Waals surface area contributed by atoms with Crippen LogP contribution in [-0.4, -0.2) is 23.6 Å². The van der Waals surface area contributed by atoms with E-state index >= 15 is 0 Å². The molecule has 0 atom stereocenters. The Morgan fingerprint density at radius 3 is 2.94 bits per heavy atom. The molecule has 0 aromatic carbocycles. The number of nitrogens with zero attached hydrogens (tertiary/aromatic N) is 2. The van der Waals surface area contributed by atoms with Crippen molar-refractivity contribution in [2.45, 2.75) is 25.0 Å². The normalized spacial score (nSPS) is 11.9. The third-order valence-electron chi connectivity index (χ3n) is 2.28. The molecule has 18 heavy (non-hydrogen) atoms. The summed E-state index contributed by atoms with van der Waals surface area (Å²) in [7, 11) is -3.63. The van der Waals surface area contributed by atoms with Gasteiger partial charge in [-0.25, -0.2) is 18.1 Å². The topological polar surface area (TPSA) is 114 Å². The van der Waals surface area contributed by atoms with Crippen LogP contribution in [0.15, 0.2) is 16.6 Å². The largest absolute Gasteiger partial charge is 0.326 e. The summed E-state index contributed by atoms with van der Waals surface area (Å²) in [5.74, 6) is 0. The van der Waals surface area contributed by atoms with E-state index in [-0.39, 0.29) is 18.1 Å². The van der Waals surface area contributed by atoms with Gasteiger partial charge in [0.15, 0.2) is 5.03 Å². The molecule has 0 radical (unpaired) electrons. The highest BCUT2D eigenvalue weighted by atomic mass is 32.2. The molecule has 0 aliphatic carbocycles. The molecule has 9 heteroatoms. The lowest BCUT2D eigenvalue weighted by Crippen LogP contribution is -2.25. The van der Waals surface area contributed by atoms with Gasteiger partial charge in [-0.05, 0) is 6.92 Å². The molecule has 0 amide bonds. The van der Waals surface area contributed by atoms with Gasteiger partial charge in [-0.3, -0.25) is 5.10 Å². The van der Waals surface area contributed by atoms with Gasteiger partial charge in [0.05, 0.1) is 23.4 Å². The molecule has 2 aromatic rings. The van der Waals surface area contributed by atoms with E-state index in [1.54, 1.807) is 0 Å². The zero-order chi connectivity index (χ0) is 13.2. The first kappa shape index (κ1) is 13.1. The van der Waals surface area contributed by atoms with Crippen LogP contribution in [0.3, 0.4) is 0 Å². The predicted molar refractivity (Wildman–Crippen MR) is 67.4 cm³/mol. The van der Waals surface area contributed by atoms with Gasteiger partial charge in [0.1, 0.15) is 0 Å². The highest BCUT2D eigenvalue weighted by Gasteiger charge is 2.20. The molecule has 0 unspecified atom stereocenters. The van der Waals surface area contributed by atoms with Crippen molar-refractivity contribution >= 4 is 21.4 Å². The van der Waals surface area contributed by atoms with Gasteiger partial charge in [-0.2, -0.15) is 5.10 Å². The third kappa shape index (κ3) is 2.75. The van der Waals surface area contributed by atoms with Crippen molar-refractivity contribution in [1.29, 1.82) is 0 Å². The molecule has 0 saturated heterocycles. The maximum absolute atomic E-state index is 12.0. The Morgan fingerprint density at radius 2 is 2.33 bits per heavy atom. The summed E-state index contributed by atoms with van der Waals surface area (Å²) in [6.45, 7) is 2.13. The van der Waals surface area contributed by atoms with Crippen LogP contribution in [-0.2, 0) is 23.1 Å². The fraction of sp³-hybridized carbons (Fsp3) is 0.333. The van der Waals surface area contributed by atoms with Gasteiger partial charge in [0.25, 0.3) is 10.0 Å². The zero-order valence-corrected chi connectivity index (χ0v) is 11.3. The standard InChI is InChI=1S/C9H13N5O2S2/c1-6-13-8(5-17-6)4-12-18(15,16)9-7(2-10)3-11-14-9/h3,5,12H,2,4,10H2,1H3,(H,11,14). The van der Waals surface area contributed by atoms with Crippen LogP contribution >= 0.6 is 11.3 Å². The Labute approximate surface area is 108 Å². The number of nitrogens with one attached hydrogen (secondary N) is 2. The average molecular weight is 287 g/mol. The van der Waals surface area contributed by atoms with Crippen molar-refractivity contribution in [2.75, 3.05) is 0 Å². The number of sulfonamides is 1. The number of H-pyrrole nitrogens is 1. The van der Waals surface area contributed by atoms with Crippen molar-refractivity contribution in [2.24, 2.45) is 5.73 Å². The van der Waals surface area contributed by atoms with E-state index in [1.165, 1.54) is 17.5 Å². The second kappa shape index (κ2) is 5.14. The van der Waals surface area contributed by atoms with E-state index in [0.29, 0.717) is 11.3 Å². The maximum atomic E-state index is 12.0. The SMILES string of the molecule is Cc1nc(CNS(=O)(=O)c2[nH]ncc2CN)cs1. The molecule has 98 valence electrons. The quantitative estimate of drug-likeness (QED) is 0.722. The first-order valence-electron chi connectivity index (χ1n) is 5.16. The number of rotatable bonds is 5. The van der Waals surface area contributed by atoms with E-state index in [4.69, 9.17) is 5.73 Å². The molecule has 2 aromatic heterocycles. The second-order valence-electron chi connectivity index (χ2n) is 3.61. The number of aryl methyl sites for hydroxylation is 1. The van der Waals surface area contributed by atoms with Crippen LogP contribution in [0.25, 0.3) is 0 Å². The van der Waals surface area contributed by atoms with E-state index in [2.05, 4.69) is 19.9 Å². The fourth-order valence-corrected chi connectivity index (χ4v) is 3.16. The lowest BCUT2D eigenvalue weighted by atomic mass is 10.4. The Kier molecular flexibility index (Phi) is 3.76. The highest BCUT2D eigenvalue weighted by Crippen LogP contribution is 2.12. The lowest BCUT2D eigenvalue weighted by Gasteiger charge is -2.04. The Balaban J connectivity index is 2.13. The Hall–Kier alpha value is -1.29. The predicted octanol–water partition coefficient (Wildman–Crippen LogP) is 0.112. The third-order valence-corrected chi connectivity index (χ3v) is 4.51. The molecule has 0 spiro atoms. The minimum absolute atomic E-state index is 0.0111. The van der Waals surface area contributed by atoms with Crippen LogP contribution in [0.2, 0.25) is 0 Å². The molecule has 4 N–H and O–H groups in total. The molecule has 0 aliphatic heterocycles. The van der Waals surface area contributed by atoms with Crippen molar-refractivity contribution in [3.8, 4) is 0 Å². The first-order valence-corrected chi connectivity index (χ1v) is 7.52. The van der Waals surface area contributed by atoms with Crippen LogP contribution in [0.1, 0.15) is 16.3 Å². The Morgan fingerprint density at radius 1 is 1.56 bits per heavy atom. The number of aromatic amines is 1. The minimum atomic E-state index is -3.63. The number of thiazole rings is 1. The smallest absolute Gasteiger partial charge is 0.258 e. The van der Waals surface area contributed by atoms with E-state index in [1.807, 2.05) is 12.3 Å². The van der Waals surface area contributed by atoms with Gasteiger partial charge >= 0.3 is 0 Å². The highest BCUT2D eigenvalue weighted by molar-refractivity contribution is 7.89. The lowest BCUT2D eigenvalue weighted by molar-refractivity contribution is 0.575. The number of aromatic nitrogens is 3.